The number of benzene rings is 1. The number of nitrogen functional groups attached to an aromatic ring is 1. The Balaban J connectivity index is 2.19. The van der Waals surface area contributed by atoms with E-state index in [0.29, 0.717) is 18.2 Å². The zero-order valence-corrected chi connectivity index (χ0v) is 11.3. The van der Waals surface area contributed by atoms with Crippen LogP contribution in [0.5, 0.6) is 5.88 Å². The zero-order chi connectivity index (χ0) is 13.7. The maximum absolute atomic E-state index is 5.84. The van der Waals surface area contributed by atoms with E-state index in [-0.39, 0.29) is 0 Å². The minimum Gasteiger partial charge on any atom is -0.476 e. The van der Waals surface area contributed by atoms with Crippen LogP contribution in [-0.4, -0.2) is 11.6 Å². The first-order valence-corrected chi connectivity index (χ1v) is 6.42. The fourth-order valence-electron chi connectivity index (χ4n) is 1.69. The molecule has 0 fully saturated rings. The second-order valence-electron chi connectivity index (χ2n) is 4.38. The summed E-state index contributed by atoms with van der Waals surface area (Å²) in [6.45, 7) is 4.71. The van der Waals surface area contributed by atoms with E-state index in [1.807, 2.05) is 44.2 Å². The number of aromatic nitrogens is 1. The lowest BCUT2D eigenvalue weighted by molar-refractivity contribution is 0.307. The van der Waals surface area contributed by atoms with Crippen molar-refractivity contribution in [3.8, 4) is 5.88 Å². The Kier molecular flexibility index (Phi) is 4.23. The summed E-state index contributed by atoms with van der Waals surface area (Å²) in [6, 6.07) is 11.7. The van der Waals surface area contributed by atoms with Gasteiger partial charge < -0.3 is 15.8 Å². The Morgan fingerprint density at radius 1 is 1.21 bits per heavy atom. The van der Waals surface area contributed by atoms with Gasteiger partial charge in [0.2, 0.25) is 5.88 Å². The highest BCUT2D eigenvalue weighted by molar-refractivity contribution is 5.63. The number of para-hydroxylation sites is 1. The van der Waals surface area contributed by atoms with Crippen molar-refractivity contribution in [2.24, 2.45) is 0 Å². The minimum absolute atomic E-state index is 0.487. The summed E-state index contributed by atoms with van der Waals surface area (Å²) in [6.07, 6.45) is 0.927. The third kappa shape index (κ3) is 3.37. The lowest BCUT2D eigenvalue weighted by Crippen LogP contribution is -2.03. The molecule has 4 heteroatoms. The third-order valence-corrected chi connectivity index (χ3v) is 2.74. The Bertz CT molecular complexity index is 555. The molecule has 0 unspecified atom stereocenters. The molecule has 0 atom stereocenters. The van der Waals surface area contributed by atoms with E-state index in [1.165, 1.54) is 0 Å². The van der Waals surface area contributed by atoms with E-state index in [0.717, 1.165) is 23.5 Å². The zero-order valence-electron chi connectivity index (χ0n) is 11.3. The monoisotopic (exact) mass is 257 g/mol. The molecule has 4 nitrogen and oxygen atoms in total. The van der Waals surface area contributed by atoms with E-state index in [9.17, 15) is 0 Å². The number of nitrogens with two attached hydrogens (primary N) is 1. The van der Waals surface area contributed by atoms with Gasteiger partial charge in [0.15, 0.2) is 0 Å². The molecule has 100 valence electrons. The molecule has 0 radical (unpaired) electrons. The normalized spacial score (nSPS) is 10.2. The summed E-state index contributed by atoms with van der Waals surface area (Å²) in [5.74, 6) is 1.22. The number of hydrogen-bond acceptors (Lipinski definition) is 4. The van der Waals surface area contributed by atoms with E-state index >= 15 is 0 Å². The van der Waals surface area contributed by atoms with Crippen LogP contribution in [0.25, 0.3) is 0 Å². The Labute approximate surface area is 113 Å². The Morgan fingerprint density at radius 3 is 2.74 bits per heavy atom. The van der Waals surface area contributed by atoms with Gasteiger partial charge in [0.05, 0.1) is 12.3 Å². The van der Waals surface area contributed by atoms with Gasteiger partial charge in [-0.15, -0.1) is 0 Å². The summed E-state index contributed by atoms with van der Waals surface area (Å²) in [4.78, 5) is 4.39. The van der Waals surface area contributed by atoms with Crippen molar-refractivity contribution in [2.45, 2.75) is 20.3 Å². The SMILES string of the molecule is CCCOc1nc(Nc2ccccc2C)ccc1N. The molecular weight excluding hydrogens is 238 g/mol. The summed E-state index contributed by atoms with van der Waals surface area (Å²) >= 11 is 0. The molecule has 0 spiro atoms. The van der Waals surface area contributed by atoms with Gasteiger partial charge in [0, 0.05) is 5.69 Å². The molecule has 0 aliphatic heterocycles. The lowest BCUT2D eigenvalue weighted by Gasteiger charge is -2.11. The van der Waals surface area contributed by atoms with Crippen LogP contribution in [0.2, 0.25) is 0 Å². The number of ether oxygens (including phenoxy) is 1. The first-order valence-electron chi connectivity index (χ1n) is 6.42. The molecule has 3 N–H and O–H groups in total. The molecule has 0 amide bonds. The molecule has 0 aliphatic rings. The van der Waals surface area contributed by atoms with Crippen LogP contribution in [-0.2, 0) is 0 Å². The first kappa shape index (κ1) is 13.2. The highest BCUT2D eigenvalue weighted by Crippen LogP contribution is 2.24. The average molecular weight is 257 g/mol. The van der Waals surface area contributed by atoms with Crippen LogP contribution in [0.3, 0.4) is 0 Å². The molecule has 19 heavy (non-hydrogen) atoms. The van der Waals surface area contributed by atoms with Gasteiger partial charge in [0.25, 0.3) is 0 Å². The smallest absolute Gasteiger partial charge is 0.239 e. The number of pyridine rings is 1. The largest absolute Gasteiger partial charge is 0.476 e. The average Bonchev–Trinajstić information content (AvgIpc) is 2.42. The highest BCUT2D eigenvalue weighted by atomic mass is 16.5. The molecule has 2 rings (SSSR count). The van der Waals surface area contributed by atoms with E-state index < -0.39 is 0 Å². The van der Waals surface area contributed by atoms with Crippen molar-refractivity contribution in [3.63, 3.8) is 0 Å². The topological polar surface area (TPSA) is 60.2 Å². The molecule has 1 aromatic heterocycles. The number of aryl methyl sites for hydroxylation is 1. The summed E-state index contributed by atoms with van der Waals surface area (Å²) in [5.41, 5.74) is 8.59. The molecule has 0 bridgehead atoms. The van der Waals surface area contributed by atoms with E-state index in [2.05, 4.69) is 10.3 Å². The number of nitrogens with one attached hydrogen (secondary N) is 1. The summed E-state index contributed by atoms with van der Waals surface area (Å²) < 4.78 is 5.52. The van der Waals surface area contributed by atoms with Crippen LogP contribution >= 0.6 is 0 Å². The molecule has 0 aliphatic carbocycles. The van der Waals surface area contributed by atoms with Gasteiger partial charge in [-0.3, -0.25) is 0 Å². The van der Waals surface area contributed by atoms with Crippen LogP contribution in [0.4, 0.5) is 17.2 Å². The fourth-order valence-corrected chi connectivity index (χ4v) is 1.69. The lowest BCUT2D eigenvalue weighted by atomic mass is 10.2. The molecule has 2 aromatic rings. The third-order valence-electron chi connectivity index (χ3n) is 2.74. The number of rotatable bonds is 5. The van der Waals surface area contributed by atoms with Crippen molar-refractivity contribution < 1.29 is 4.74 Å². The molecule has 1 heterocycles. The van der Waals surface area contributed by atoms with Gasteiger partial charge in [-0.05, 0) is 37.1 Å². The van der Waals surface area contributed by atoms with Gasteiger partial charge in [-0.2, -0.15) is 4.98 Å². The summed E-state index contributed by atoms with van der Waals surface area (Å²) in [5, 5.41) is 3.27. The van der Waals surface area contributed by atoms with Crippen molar-refractivity contribution in [3.05, 3.63) is 42.0 Å². The highest BCUT2D eigenvalue weighted by Gasteiger charge is 2.05. The van der Waals surface area contributed by atoms with Crippen LogP contribution in [0.15, 0.2) is 36.4 Å². The molecule has 0 saturated carbocycles. The minimum atomic E-state index is 0.487. The second-order valence-corrected chi connectivity index (χ2v) is 4.38. The molecular formula is C15H19N3O. The van der Waals surface area contributed by atoms with Gasteiger partial charge >= 0.3 is 0 Å². The predicted octanol–water partition coefficient (Wildman–Crippen LogP) is 3.50. The van der Waals surface area contributed by atoms with E-state index in [4.69, 9.17) is 10.5 Å². The number of anilines is 3. The molecule has 0 saturated heterocycles. The van der Waals surface area contributed by atoms with Crippen molar-refractivity contribution in [1.82, 2.24) is 4.98 Å². The van der Waals surface area contributed by atoms with Gasteiger partial charge in [-0.25, -0.2) is 0 Å². The van der Waals surface area contributed by atoms with Crippen LogP contribution in [0.1, 0.15) is 18.9 Å². The molecule has 1 aromatic carbocycles. The quantitative estimate of drug-likeness (QED) is 0.860. The first-order chi connectivity index (χ1) is 9.20. The Hall–Kier alpha value is -2.23. The van der Waals surface area contributed by atoms with Crippen molar-refractivity contribution >= 4 is 17.2 Å². The predicted molar refractivity (Wildman–Crippen MR) is 78.9 cm³/mol. The summed E-state index contributed by atoms with van der Waals surface area (Å²) in [7, 11) is 0. The Morgan fingerprint density at radius 2 is 2.00 bits per heavy atom. The maximum Gasteiger partial charge on any atom is 0.239 e. The standard InChI is InChI=1S/C15H19N3O/c1-3-10-19-15-12(16)8-9-14(18-15)17-13-7-5-4-6-11(13)2/h4-9H,3,10,16H2,1-2H3,(H,17,18). The van der Waals surface area contributed by atoms with Gasteiger partial charge in [0.1, 0.15) is 5.82 Å². The second kappa shape index (κ2) is 6.09. The maximum atomic E-state index is 5.84. The van der Waals surface area contributed by atoms with E-state index in [1.54, 1.807) is 6.07 Å². The van der Waals surface area contributed by atoms with Crippen molar-refractivity contribution in [1.29, 1.82) is 0 Å². The number of hydrogen-bond donors (Lipinski definition) is 2. The van der Waals surface area contributed by atoms with Crippen molar-refractivity contribution in [2.75, 3.05) is 17.7 Å². The van der Waals surface area contributed by atoms with Crippen LogP contribution < -0.4 is 15.8 Å². The fraction of sp³-hybridized carbons (Fsp3) is 0.267. The van der Waals surface area contributed by atoms with Crippen LogP contribution in [0, 0.1) is 6.92 Å². The number of nitrogens with zero attached hydrogens (tertiary/aromatic N) is 1. The van der Waals surface area contributed by atoms with Gasteiger partial charge in [-0.1, -0.05) is 25.1 Å².